The lowest BCUT2D eigenvalue weighted by Crippen LogP contribution is -1.93. The Bertz CT molecular complexity index is 552. The van der Waals surface area contributed by atoms with E-state index in [1.165, 1.54) is 6.07 Å². The van der Waals surface area contributed by atoms with Crippen molar-refractivity contribution in [3.8, 4) is 17.5 Å². The zero-order chi connectivity index (χ0) is 11.5. The number of halogens is 1. The SMILES string of the molecule is Cn1cc(CC#N)nc1-c1ccccc1F. The zero-order valence-corrected chi connectivity index (χ0v) is 8.81. The summed E-state index contributed by atoms with van der Waals surface area (Å²) in [5.74, 6) is 0.239. The number of nitriles is 1. The highest BCUT2D eigenvalue weighted by Crippen LogP contribution is 2.21. The van der Waals surface area contributed by atoms with Crippen LogP contribution in [-0.4, -0.2) is 9.55 Å². The highest BCUT2D eigenvalue weighted by Gasteiger charge is 2.10. The lowest BCUT2D eigenvalue weighted by molar-refractivity contribution is 0.629. The number of hydrogen-bond acceptors (Lipinski definition) is 2. The second-order valence-corrected chi connectivity index (χ2v) is 3.48. The van der Waals surface area contributed by atoms with E-state index in [4.69, 9.17) is 5.26 Å². The van der Waals surface area contributed by atoms with E-state index in [0.29, 0.717) is 17.1 Å². The van der Waals surface area contributed by atoms with Crippen molar-refractivity contribution >= 4 is 0 Å². The van der Waals surface area contributed by atoms with Gasteiger partial charge < -0.3 is 4.57 Å². The Morgan fingerprint density at radius 2 is 2.19 bits per heavy atom. The molecule has 16 heavy (non-hydrogen) atoms. The number of imidazole rings is 1. The summed E-state index contributed by atoms with van der Waals surface area (Å²) in [5.41, 5.74) is 1.11. The molecule has 2 rings (SSSR count). The van der Waals surface area contributed by atoms with Gasteiger partial charge >= 0.3 is 0 Å². The normalized spacial score (nSPS) is 10.1. The maximum Gasteiger partial charge on any atom is 0.142 e. The van der Waals surface area contributed by atoms with Gasteiger partial charge in [-0.15, -0.1) is 0 Å². The smallest absolute Gasteiger partial charge is 0.142 e. The minimum Gasteiger partial charge on any atom is -0.334 e. The molecule has 4 heteroatoms. The van der Waals surface area contributed by atoms with Gasteiger partial charge in [0.05, 0.1) is 23.7 Å². The molecule has 0 aliphatic carbocycles. The minimum absolute atomic E-state index is 0.238. The Kier molecular flexibility index (Phi) is 2.69. The number of benzene rings is 1. The van der Waals surface area contributed by atoms with Crippen LogP contribution in [0.15, 0.2) is 30.5 Å². The Morgan fingerprint density at radius 1 is 1.44 bits per heavy atom. The summed E-state index contributed by atoms with van der Waals surface area (Å²) in [5, 5.41) is 8.57. The third kappa shape index (κ3) is 1.80. The van der Waals surface area contributed by atoms with Crippen LogP contribution >= 0.6 is 0 Å². The van der Waals surface area contributed by atoms with Crippen molar-refractivity contribution in [1.29, 1.82) is 5.26 Å². The number of aryl methyl sites for hydroxylation is 1. The predicted octanol–water partition coefficient (Wildman–Crippen LogP) is 2.29. The molecule has 0 atom stereocenters. The highest BCUT2D eigenvalue weighted by molar-refractivity contribution is 5.56. The van der Waals surface area contributed by atoms with Gasteiger partial charge in [0.25, 0.3) is 0 Å². The summed E-state index contributed by atoms with van der Waals surface area (Å²) < 4.78 is 15.3. The Morgan fingerprint density at radius 3 is 2.88 bits per heavy atom. The van der Waals surface area contributed by atoms with Crippen LogP contribution in [0.25, 0.3) is 11.4 Å². The Hall–Kier alpha value is -2.15. The van der Waals surface area contributed by atoms with Crippen LogP contribution in [0.3, 0.4) is 0 Å². The standard InChI is InChI=1S/C12H10FN3/c1-16-8-9(6-7-14)15-12(16)10-4-2-3-5-11(10)13/h2-5,8H,6H2,1H3. The molecule has 2 aromatic rings. The molecule has 0 spiro atoms. The molecule has 1 aromatic heterocycles. The largest absolute Gasteiger partial charge is 0.334 e. The van der Waals surface area contributed by atoms with Crippen LogP contribution in [0.1, 0.15) is 5.69 Å². The van der Waals surface area contributed by atoms with E-state index in [1.807, 2.05) is 6.07 Å². The first-order valence-electron chi connectivity index (χ1n) is 4.86. The number of rotatable bonds is 2. The second kappa shape index (κ2) is 4.15. The molecular weight excluding hydrogens is 205 g/mol. The molecule has 1 aromatic carbocycles. The third-order valence-electron chi connectivity index (χ3n) is 2.30. The van der Waals surface area contributed by atoms with Crippen molar-refractivity contribution in [2.75, 3.05) is 0 Å². The summed E-state index contributed by atoms with van der Waals surface area (Å²) in [4.78, 5) is 4.23. The maximum atomic E-state index is 13.5. The van der Waals surface area contributed by atoms with Crippen molar-refractivity contribution in [3.05, 3.63) is 42.0 Å². The molecular formula is C12H10FN3. The average Bonchev–Trinajstić information content (AvgIpc) is 2.61. The molecule has 0 fully saturated rings. The molecule has 0 unspecified atom stereocenters. The lowest BCUT2D eigenvalue weighted by atomic mass is 10.2. The quantitative estimate of drug-likeness (QED) is 0.771. The van der Waals surface area contributed by atoms with Gasteiger partial charge in [-0.1, -0.05) is 12.1 Å². The highest BCUT2D eigenvalue weighted by atomic mass is 19.1. The monoisotopic (exact) mass is 215 g/mol. The van der Waals surface area contributed by atoms with E-state index in [0.717, 1.165) is 0 Å². The fourth-order valence-electron chi connectivity index (χ4n) is 1.59. The first-order chi connectivity index (χ1) is 7.72. The topological polar surface area (TPSA) is 41.6 Å². The lowest BCUT2D eigenvalue weighted by Gasteiger charge is -2.01. The van der Waals surface area contributed by atoms with Gasteiger partial charge in [0, 0.05) is 13.2 Å². The van der Waals surface area contributed by atoms with Crippen molar-refractivity contribution in [3.63, 3.8) is 0 Å². The first-order valence-corrected chi connectivity index (χ1v) is 4.86. The van der Waals surface area contributed by atoms with E-state index >= 15 is 0 Å². The molecule has 0 saturated heterocycles. The molecule has 0 N–H and O–H groups in total. The molecule has 0 aliphatic heterocycles. The van der Waals surface area contributed by atoms with Gasteiger partial charge in [-0.3, -0.25) is 0 Å². The number of hydrogen-bond donors (Lipinski definition) is 0. The van der Waals surface area contributed by atoms with Gasteiger partial charge in [0.15, 0.2) is 0 Å². The summed E-state index contributed by atoms with van der Waals surface area (Å²) in [7, 11) is 1.79. The van der Waals surface area contributed by atoms with Crippen LogP contribution in [0.5, 0.6) is 0 Å². The molecule has 80 valence electrons. The average molecular weight is 215 g/mol. The molecule has 0 bridgehead atoms. The number of nitrogens with zero attached hydrogens (tertiary/aromatic N) is 3. The van der Waals surface area contributed by atoms with Gasteiger partial charge in [0.1, 0.15) is 11.6 Å². The Labute approximate surface area is 92.8 Å². The van der Waals surface area contributed by atoms with Crippen LogP contribution in [0.4, 0.5) is 4.39 Å². The van der Waals surface area contributed by atoms with Crippen molar-refractivity contribution in [2.45, 2.75) is 6.42 Å². The van der Waals surface area contributed by atoms with Crippen molar-refractivity contribution in [2.24, 2.45) is 7.05 Å². The van der Waals surface area contributed by atoms with E-state index in [1.54, 1.807) is 36.0 Å². The summed E-state index contributed by atoms with van der Waals surface area (Å²) in [6, 6.07) is 8.49. The third-order valence-corrected chi connectivity index (χ3v) is 2.30. The summed E-state index contributed by atoms with van der Waals surface area (Å²) in [6.07, 6.45) is 1.98. The number of aromatic nitrogens is 2. The van der Waals surface area contributed by atoms with Crippen molar-refractivity contribution in [1.82, 2.24) is 9.55 Å². The van der Waals surface area contributed by atoms with E-state index < -0.39 is 0 Å². The molecule has 3 nitrogen and oxygen atoms in total. The molecule has 0 amide bonds. The molecule has 0 radical (unpaired) electrons. The predicted molar refractivity (Wildman–Crippen MR) is 57.9 cm³/mol. The van der Waals surface area contributed by atoms with Gasteiger partial charge in [0.2, 0.25) is 0 Å². The van der Waals surface area contributed by atoms with Gasteiger partial charge in [-0.05, 0) is 12.1 Å². The minimum atomic E-state index is -0.306. The molecule has 0 aliphatic rings. The Balaban J connectivity index is 2.49. The van der Waals surface area contributed by atoms with Gasteiger partial charge in [-0.25, -0.2) is 9.37 Å². The second-order valence-electron chi connectivity index (χ2n) is 3.48. The summed E-state index contributed by atoms with van der Waals surface area (Å²) in [6.45, 7) is 0. The summed E-state index contributed by atoms with van der Waals surface area (Å²) >= 11 is 0. The maximum absolute atomic E-state index is 13.5. The fourth-order valence-corrected chi connectivity index (χ4v) is 1.59. The van der Waals surface area contributed by atoms with Gasteiger partial charge in [-0.2, -0.15) is 5.26 Å². The van der Waals surface area contributed by atoms with Crippen LogP contribution in [-0.2, 0) is 13.5 Å². The molecule has 1 heterocycles. The van der Waals surface area contributed by atoms with E-state index in [-0.39, 0.29) is 12.2 Å². The van der Waals surface area contributed by atoms with Crippen LogP contribution in [0, 0.1) is 17.1 Å². The van der Waals surface area contributed by atoms with Crippen LogP contribution in [0.2, 0.25) is 0 Å². The van der Waals surface area contributed by atoms with Crippen molar-refractivity contribution < 1.29 is 4.39 Å². The first kappa shape index (κ1) is 10.4. The zero-order valence-electron chi connectivity index (χ0n) is 8.81. The van der Waals surface area contributed by atoms with E-state index in [9.17, 15) is 4.39 Å². The van der Waals surface area contributed by atoms with E-state index in [2.05, 4.69) is 4.98 Å². The molecule has 0 saturated carbocycles. The fraction of sp³-hybridized carbons (Fsp3) is 0.167. The van der Waals surface area contributed by atoms with Crippen LogP contribution < -0.4 is 0 Å².